The van der Waals surface area contributed by atoms with Crippen LogP contribution in [0.5, 0.6) is 0 Å². The minimum Gasteiger partial charge on any atom is -0.304 e. The molecule has 1 heterocycles. The van der Waals surface area contributed by atoms with Crippen LogP contribution in [-0.4, -0.2) is 10.5 Å². The second-order valence-electron chi connectivity index (χ2n) is 2.38. The van der Waals surface area contributed by atoms with Gasteiger partial charge in [-0.15, -0.1) is 11.3 Å². The molecule has 1 unspecified atom stereocenters. The first-order valence-electron chi connectivity index (χ1n) is 4.26. The molecule has 0 spiro atoms. The van der Waals surface area contributed by atoms with Crippen LogP contribution in [0, 0.1) is 13.8 Å². The summed E-state index contributed by atoms with van der Waals surface area (Å²) >= 11 is 1.71. The van der Waals surface area contributed by atoms with Gasteiger partial charge in [-0.1, -0.05) is 13.8 Å². The van der Waals surface area contributed by atoms with Crippen molar-refractivity contribution < 1.29 is 4.21 Å². The molecule has 0 aliphatic heterocycles. The molecule has 0 aliphatic rings. The van der Waals surface area contributed by atoms with Gasteiger partial charge >= 0.3 is 0 Å². The molecule has 0 aromatic carbocycles. The van der Waals surface area contributed by atoms with Crippen molar-refractivity contribution in [1.82, 2.24) is 0 Å². The summed E-state index contributed by atoms with van der Waals surface area (Å²) in [5, 5.41) is 0. The zero-order chi connectivity index (χ0) is 10.4. The Kier molecular flexibility index (Phi) is 5.99. The van der Waals surface area contributed by atoms with Gasteiger partial charge in [0.2, 0.25) is 0 Å². The number of aryl methyl sites for hydroxylation is 2. The normalized spacial score (nSPS) is 11.5. The Labute approximate surface area is 87.0 Å². The highest BCUT2D eigenvalue weighted by molar-refractivity contribution is 7.85. The van der Waals surface area contributed by atoms with Gasteiger partial charge in [0, 0.05) is 16.0 Å². The summed E-state index contributed by atoms with van der Waals surface area (Å²) in [5.41, 5.74) is 0.994. The Morgan fingerprint density at radius 3 is 2.23 bits per heavy atom. The van der Waals surface area contributed by atoms with Gasteiger partial charge in [0.15, 0.2) is 0 Å². The first-order chi connectivity index (χ1) is 6.09. The van der Waals surface area contributed by atoms with E-state index in [2.05, 4.69) is 4.72 Å². The molecule has 76 valence electrons. The van der Waals surface area contributed by atoms with Crippen LogP contribution in [0.25, 0.3) is 0 Å². The second kappa shape index (κ2) is 6.16. The molecule has 1 rings (SSSR count). The molecule has 0 radical (unpaired) electrons. The van der Waals surface area contributed by atoms with Gasteiger partial charge in [0.1, 0.15) is 11.0 Å². The third-order valence-electron chi connectivity index (χ3n) is 1.29. The van der Waals surface area contributed by atoms with E-state index in [1.165, 1.54) is 9.75 Å². The van der Waals surface area contributed by atoms with Crippen molar-refractivity contribution in [3.63, 3.8) is 0 Å². The van der Waals surface area contributed by atoms with Crippen LogP contribution in [0.15, 0.2) is 6.07 Å². The zero-order valence-corrected chi connectivity index (χ0v) is 10.4. The van der Waals surface area contributed by atoms with Crippen molar-refractivity contribution in [2.24, 2.45) is 0 Å². The molecule has 1 aromatic rings. The fourth-order valence-electron chi connectivity index (χ4n) is 0.887. The number of hydrogen-bond acceptors (Lipinski definition) is 2. The molecule has 0 saturated carbocycles. The minimum absolute atomic E-state index is 0.957. The van der Waals surface area contributed by atoms with Crippen LogP contribution in [0.2, 0.25) is 0 Å². The van der Waals surface area contributed by atoms with Gasteiger partial charge < -0.3 is 4.72 Å². The standard InChI is InChI=1S/C7H11NOS2.C2H6/c1-5-4-7(6(2)10-5)8-11(3)9;1-2/h4,8H,1-3H3;1-2H3. The van der Waals surface area contributed by atoms with Gasteiger partial charge in [-0.2, -0.15) is 0 Å². The van der Waals surface area contributed by atoms with E-state index in [4.69, 9.17) is 0 Å². The molecule has 13 heavy (non-hydrogen) atoms. The summed E-state index contributed by atoms with van der Waals surface area (Å²) in [6.45, 7) is 8.06. The van der Waals surface area contributed by atoms with E-state index < -0.39 is 11.0 Å². The summed E-state index contributed by atoms with van der Waals surface area (Å²) in [6.07, 6.45) is 1.63. The second-order valence-corrected chi connectivity index (χ2v) is 4.96. The van der Waals surface area contributed by atoms with Gasteiger partial charge in [0.25, 0.3) is 0 Å². The van der Waals surface area contributed by atoms with E-state index in [1.807, 2.05) is 33.8 Å². The van der Waals surface area contributed by atoms with Gasteiger partial charge in [-0.05, 0) is 19.9 Å². The van der Waals surface area contributed by atoms with Gasteiger partial charge in [0.05, 0.1) is 5.69 Å². The number of hydrogen-bond donors (Lipinski definition) is 1. The van der Waals surface area contributed by atoms with Gasteiger partial charge in [-0.3, -0.25) is 0 Å². The van der Waals surface area contributed by atoms with Gasteiger partial charge in [-0.25, -0.2) is 4.21 Å². The molecule has 2 nitrogen and oxygen atoms in total. The fourth-order valence-corrected chi connectivity index (χ4v) is 2.35. The Balaban J connectivity index is 0.000000671. The Hall–Kier alpha value is -0.350. The lowest BCUT2D eigenvalue weighted by atomic mass is 10.4. The zero-order valence-electron chi connectivity index (χ0n) is 8.80. The first kappa shape index (κ1) is 12.7. The van der Waals surface area contributed by atoms with Crippen molar-refractivity contribution in [3.05, 3.63) is 15.8 Å². The summed E-state index contributed by atoms with van der Waals surface area (Å²) in [6, 6.07) is 2.02. The maximum Gasteiger partial charge on any atom is 0.113 e. The van der Waals surface area contributed by atoms with Crippen LogP contribution in [0.1, 0.15) is 23.6 Å². The number of rotatable bonds is 2. The number of nitrogens with one attached hydrogen (secondary N) is 1. The molecule has 1 atom stereocenters. The van der Waals surface area contributed by atoms with Crippen molar-refractivity contribution in [2.75, 3.05) is 11.0 Å². The fraction of sp³-hybridized carbons (Fsp3) is 0.556. The largest absolute Gasteiger partial charge is 0.304 e. The lowest BCUT2D eigenvalue weighted by Crippen LogP contribution is -2.00. The summed E-state index contributed by atoms with van der Waals surface area (Å²) in [7, 11) is -0.957. The predicted octanol–water partition coefficient (Wildman–Crippen LogP) is 3.10. The van der Waals surface area contributed by atoms with Crippen LogP contribution in [-0.2, 0) is 11.0 Å². The number of anilines is 1. The molecule has 4 heteroatoms. The summed E-state index contributed by atoms with van der Waals surface area (Å²) in [5.74, 6) is 0. The number of thiophene rings is 1. The topological polar surface area (TPSA) is 29.1 Å². The van der Waals surface area contributed by atoms with Crippen LogP contribution in [0.4, 0.5) is 5.69 Å². The van der Waals surface area contributed by atoms with E-state index in [0.29, 0.717) is 0 Å². The molecular weight excluding hydrogens is 202 g/mol. The summed E-state index contributed by atoms with van der Waals surface area (Å²) in [4.78, 5) is 2.44. The molecule has 1 aromatic heterocycles. The molecule has 0 fully saturated rings. The Morgan fingerprint density at radius 2 is 1.92 bits per heavy atom. The minimum atomic E-state index is -0.957. The Morgan fingerprint density at radius 1 is 1.38 bits per heavy atom. The van der Waals surface area contributed by atoms with E-state index in [0.717, 1.165) is 5.69 Å². The molecule has 0 aliphatic carbocycles. The van der Waals surface area contributed by atoms with E-state index >= 15 is 0 Å². The lowest BCUT2D eigenvalue weighted by Gasteiger charge is -1.98. The first-order valence-corrected chi connectivity index (χ1v) is 6.64. The van der Waals surface area contributed by atoms with Crippen molar-refractivity contribution >= 4 is 28.0 Å². The predicted molar refractivity (Wildman–Crippen MR) is 62.8 cm³/mol. The monoisotopic (exact) mass is 219 g/mol. The maximum atomic E-state index is 10.8. The SMILES string of the molecule is CC.Cc1cc(NS(C)=O)c(C)s1. The van der Waals surface area contributed by atoms with Crippen LogP contribution >= 0.6 is 11.3 Å². The Bertz CT molecular complexity index is 281. The average Bonchev–Trinajstić information content (AvgIpc) is 2.33. The third-order valence-corrected chi connectivity index (χ3v) is 2.77. The lowest BCUT2D eigenvalue weighted by molar-refractivity contribution is 0.690. The smallest absolute Gasteiger partial charge is 0.113 e. The molecule has 0 bridgehead atoms. The van der Waals surface area contributed by atoms with Crippen molar-refractivity contribution in [1.29, 1.82) is 0 Å². The average molecular weight is 219 g/mol. The highest BCUT2D eigenvalue weighted by atomic mass is 32.2. The quantitative estimate of drug-likeness (QED) is 0.813. The van der Waals surface area contributed by atoms with Crippen LogP contribution in [0.3, 0.4) is 0 Å². The molecule has 0 saturated heterocycles. The third kappa shape index (κ3) is 4.43. The van der Waals surface area contributed by atoms with E-state index in [9.17, 15) is 4.21 Å². The molecule has 0 amide bonds. The highest BCUT2D eigenvalue weighted by Gasteiger charge is 2.01. The van der Waals surface area contributed by atoms with E-state index in [-0.39, 0.29) is 0 Å². The maximum absolute atomic E-state index is 10.8. The van der Waals surface area contributed by atoms with Crippen molar-refractivity contribution in [3.8, 4) is 0 Å². The highest BCUT2D eigenvalue weighted by Crippen LogP contribution is 2.25. The van der Waals surface area contributed by atoms with Crippen molar-refractivity contribution in [2.45, 2.75) is 27.7 Å². The summed E-state index contributed by atoms with van der Waals surface area (Å²) < 4.78 is 13.7. The molecular formula is C9H17NOS2. The molecule has 1 N–H and O–H groups in total. The van der Waals surface area contributed by atoms with E-state index in [1.54, 1.807) is 17.6 Å². The van der Waals surface area contributed by atoms with Crippen LogP contribution < -0.4 is 4.72 Å².